The summed E-state index contributed by atoms with van der Waals surface area (Å²) in [5.74, 6) is 1.46. The molecule has 0 aliphatic carbocycles. The first-order valence-electron chi connectivity index (χ1n) is 9.24. The fraction of sp³-hybridized carbons (Fsp3) is 0.400. The number of carbonyl (C=O) groups excluding carboxylic acids is 1. The summed E-state index contributed by atoms with van der Waals surface area (Å²) in [5, 5.41) is 12.1. The van der Waals surface area contributed by atoms with Gasteiger partial charge in [-0.05, 0) is 51.5 Å². The van der Waals surface area contributed by atoms with Crippen molar-refractivity contribution in [1.29, 1.82) is 0 Å². The molecule has 0 spiro atoms. The molecular formula is C20H25N5O2S. The third-order valence-electron chi connectivity index (χ3n) is 4.53. The van der Waals surface area contributed by atoms with Crippen LogP contribution in [0, 0.1) is 0 Å². The number of nitrogens with zero attached hydrogens (tertiary/aromatic N) is 4. The number of hydrogen-bond donors (Lipinski definition) is 1. The van der Waals surface area contributed by atoms with Crippen molar-refractivity contribution in [2.45, 2.75) is 56.6 Å². The van der Waals surface area contributed by atoms with E-state index in [1.54, 1.807) is 18.7 Å². The second-order valence-electron chi connectivity index (χ2n) is 7.20. The summed E-state index contributed by atoms with van der Waals surface area (Å²) in [4.78, 5) is 16.8. The van der Waals surface area contributed by atoms with Crippen LogP contribution in [0.15, 0.2) is 52.5 Å². The summed E-state index contributed by atoms with van der Waals surface area (Å²) in [6.45, 7) is 8.44. The third kappa shape index (κ3) is 4.81. The minimum Gasteiger partial charge on any atom is -0.467 e. The molecule has 1 amide bonds. The molecule has 0 fully saturated rings. The molecule has 3 aromatic rings. The lowest BCUT2D eigenvalue weighted by atomic mass is 10.0. The van der Waals surface area contributed by atoms with Crippen LogP contribution in [0.3, 0.4) is 0 Å². The van der Waals surface area contributed by atoms with E-state index < -0.39 is 0 Å². The number of carbonyl (C=O) groups is 1. The maximum absolute atomic E-state index is 12.6. The fourth-order valence-electron chi connectivity index (χ4n) is 2.52. The highest BCUT2D eigenvalue weighted by molar-refractivity contribution is 8.00. The third-order valence-corrected chi connectivity index (χ3v) is 5.61. The number of nitrogens with one attached hydrogen (secondary N) is 1. The maximum Gasteiger partial charge on any atom is 0.233 e. The lowest BCUT2D eigenvalue weighted by Gasteiger charge is -2.26. The molecule has 1 N–H and O–H groups in total. The van der Waals surface area contributed by atoms with Crippen molar-refractivity contribution in [2.24, 2.45) is 0 Å². The smallest absolute Gasteiger partial charge is 0.233 e. The second kappa shape index (κ2) is 8.60. The molecule has 3 heterocycles. The number of pyridine rings is 1. The van der Waals surface area contributed by atoms with Gasteiger partial charge < -0.3 is 9.73 Å². The molecule has 148 valence electrons. The minimum atomic E-state index is -0.313. The molecule has 3 aromatic heterocycles. The molecule has 0 bridgehead atoms. The average Bonchev–Trinajstić information content (AvgIpc) is 3.33. The van der Waals surface area contributed by atoms with E-state index in [9.17, 15) is 4.79 Å². The van der Waals surface area contributed by atoms with Crippen molar-refractivity contribution in [1.82, 2.24) is 25.1 Å². The Morgan fingerprint density at radius 3 is 2.79 bits per heavy atom. The van der Waals surface area contributed by atoms with E-state index in [0.717, 1.165) is 17.7 Å². The summed E-state index contributed by atoms with van der Waals surface area (Å²) in [5.41, 5.74) is 0.617. The van der Waals surface area contributed by atoms with Crippen LogP contribution in [-0.2, 0) is 11.3 Å². The number of rotatable bonds is 8. The molecule has 0 saturated carbocycles. The van der Waals surface area contributed by atoms with E-state index in [4.69, 9.17) is 4.42 Å². The van der Waals surface area contributed by atoms with Crippen LogP contribution < -0.4 is 5.32 Å². The zero-order valence-electron chi connectivity index (χ0n) is 16.5. The van der Waals surface area contributed by atoms with Gasteiger partial charge in [0.2, 0.25) is 5.91 Å². The molecule has 0 radical (unpaired) electrons. The second-order valence-corrected chi connectivity index (χ2v) is 8.51. The van der Waals surface area contributed by atoms with Gasteiger partial charge in [-0.25, -0.2) is 0 Å². The summed E-state index contributed by atoms with van der Waals surface area (Å²) >= 11 is 1.38. The molecular weight excluding hydrogens is 374 g/mol. The molecule has 7 nitrogen and oxygen atoms in total. The van der Waals surface area contributed by atoms with Gasteiger partial charge >= 0.3 is 0 Å². The van der Waals surface area contributed by atoms with Gasteiger partial charge in [0.05, 0.1) is 18.1 Å². The molecule has 1 unspecified atom stereocenters. The SMILES string of the molecule is CCC(C)(C)NC(=O)C(C)Sc1nnc(-c2cccnc2)n1Cc1ccco1. The fourth-order valence-corrected chi connectivity index (χ4v) is 3.37. The molecule has 0 aromatic carbocycles. The van der Waals surface area contributed by atoms with Gasteiger partial charge in [-0.2, -0.15) is 0 Å². The van der Waals surface area contributed by atoms with E-state index in [-0.39, 0.29) is 16.7 Å². The monoisotopic (exact) mass is 399 g/mol. The Hall–Kier alpha value is -2.61. The van der Waals surface area contributed by atoms with Crippen LogP contribution in [0.25, 0.3) is 11.4 Å². The molecule has 0 aliphatic heterocycles. The van der Waals surface area contributed by atoms with Gasteiger partial charge in [0, 0.05) is 23.5 Å². The van der Waals surface area contributed by atoms with Crippen molar-refractivity contribution >= 4 is 17.7 Å². The number of amides is 1. The van der Waals surface area contributed by atoms with Crippen molar-refractivity contribution < 1.29 is 9.21 Å². The van der Waals surface area contributed by atoms with Crippen LogP contribution >= 0.6 is 11.8 Å². The topological polar surface area (TPSA) is 85.8 Å². The molecule has 28 heavy (non-hydrogen) atoms. The van der Waals surface area contributed by atoms with Crippen molar-refractivity contribution in [3.8, 4) is 11.4 Å². The van der Waals surface area contributed by atoms with E-state index in [2.05, 4.69) is 27.4 Å². The Bertz CT molecular complexity index is 906. The Labute approximate surface area is 169 Å². The first-order chi connectivity index (χ1) is 13.4. The summed E-state index contributed by atoms with van der Waals surface area (Å²) in [6.07, 6.45) is 5.96. The molecule has 0 aliphatic rings. The first-order valence-corrected chi connectivity index (χ1v) is 10.1. The van der Waals surface area contributed by atoms with Crippen LogP contribution in [0.5, 0.6) is 0 Å². The van der Waals surface area contributed by atoms with Crippen molar-refractivity contribution in [2.75, 3.05) is 0 Å². The lowest BCUT2D eigenvalue weighted by molar-refractivity contribution is -0.121. The van der Waals surface area contributed by atoms with Crippen LogP contribution in [0.2, 0.25) is 0 Å². The molecule has 3 rings (SSSR count). The number of thioether (sulfide) groups is 1. The highest BCUT2D eigenvalue weighted by Gasteiger charge is 2.25. The van der Waals surface area contributed by atoms with Gasteiger partial charge in [-0.3, -0.25) is 14.3 Å². The van der Waals surface area contributed by atoms with E-state index in [1.165, 1.54) is 11.8 Å². The van der Waals surface area contributed by atoms with E-state index >= 15 is 0 Å². The summed E-state index contributed by atoms with van der Waals surface area (Å²) in [7, 11) is 0. The predicted octanol–water partition coefficient (Wildman–Crippen LogP) is 3.77. The predicted molar refractivity (Wildman–Crippen MR) is 109 cm³/mol. The van der Waals surface area contributed by atoms with Crippen LogP contribution in [-0.4, -0.2) is 36.4 Å². The van der Waals surface area contributed by atoms with E-state index in [1.807, 2.05) is 49.6 Å². The highest BCUT2D eigenvalue weighted by Crippen LogP contribution is 2.28. The Balaban J connectivity index is 1.86. The Morgan fingerprint density at radius 1 is 1.32 bits per heavy atom. The zero-order valence-corrected chi connectivity index (χ0v) is 17.4. The maximum atomic E-state index is 12.6. The minimum absolute atomic E-state index is 0.0210. The van der Waals surface area contributed by atoms with Gasteiger partial charge in [0.15, 0.2) is 11.0 Å². The normalized spacial score (nSPS) is 12.7. The number of aromatic nitrogens is 4. The van der Waals surface area contributed by atoms with Crippen molar-refractivity contribution in [3.63, 3.8) is 0 Å². The van der Waals surface area contributed by atoms with E-state index in [0.29, 0.717) is 17.5 Å². The first kappa shape index (κ1) is 20.1. The Morgan fingerprint density at radius 2 is 2.14 bits per heavy atom. The Kier molecular flexibility index (Phi) is 6.18. The van der Waals surface area contributed by atoms with Gasteiger partial charge in [0.1, 0.15) is 5.76 Å². The van der Waals surface area contributed by atoms with Gasteiger partial charge in [0.25, 0.3) is 0 Å². The quantitative estimate of drug-likeness (QED) is 0.580. The molecule has 8 heteroatoms. The number of furan rings is 1. The van der Waals surface area contributed by atoms with Crippen LogP contribution in [0.4, 0.5) is 0 Å². The molecule has 0 saturated heterocycles. The standard InChI is InChI=1S/C20H25N5O2S/c1-5-20(3,4)22-18(26)14(2)28-19-24-23-17(15-8-6-10-21-12-15)25(19)13-16-9-7-11-27-16/h6-12,14H,5,13H2,1-4H3,(H,22,26). The number of hydrogen-bond acceptors (Lipinski definition) is 6. The van der Waals surface area contributed by atoms with Gasteiger partial charge in [-0.1, -0.05) is 18.7 Å². The van der Waals surface area contributed by atoms with Crippen molar-refractivity contribution in [3.05, 3.63) is 48.7 Å². The van der Waals surface area contributed by atoms with Crippen LogP contribution in [0.1, 0.15) is 39.9 Å². The lowest BCUT2D eigenvalue weighted by Crippen LogP contribution is -2.46. The molecule has 1 atom stereocenters. The summed E-state index contributed by atoms with van der Waals surface area (Å²) < 4.78 is 7.46. The highest BCUT2D eigenvalue weighted by atomic mass is 32.2. The zero-order chi connectivity index (χ0) is 20.1. The van der Waals surface area contributed by atoms with Gasteiger partial charge in [-0.15, -0.1) is 10.2 Å². The largest absolute Gasteiger partial charge is 0.467 e. The summed E-state index contributed by atoms with van der Waals surface area (Å²) in [6, 6.07) is 7.54. The average molecular weight is 400 g/mol.